The number of carbonyl (C=O) groups excluding carboxylic acids is 1. The van der Waals surface area contributed by atoms with E-state index in [9.17, 15) is 4.79 Å². The van der Waals surface area contributed by atoms with Crippen molar-refractivity contribution in [3.05, 3.63) is 28.8 Å². The summed E-state index contributed by atoms with van der Waals surface area (Å²) in [6.07, 6.45) is 0.354. The number of nitrogens with two attached hydrogens (primary N) is 1. The van der Waals surface area contributed by atoms with E-state index in [-0.39, 0.29) is 5.91 Å². The van der Waals surface area contributed by atoms with Gasteiger partial charge in [0.1, 0.15) is 5.75 Å². The van der Waals surface area contributed by atoms with Crippen LogP contribution in [0.2, 0.25) is 0 Å². The largest absolute Gasteiger partial charge is 0.496 e. The number of carbonyl (C=O) groups is 1. The molecule has 1 amide bonds. The fourth-order valence-electron chi connectivity index (χ4n) is 1.59. The molecule has 0 radical (unpaired) electrons. The van der Waals surface area contributed by atoms with Crippen LogP contribution in [-0.4, -0.2) is 19.6 Å². The maximum Gasteiger partial charge on any atom is 0.221 e. The summed E-state index contributed by atoms with van der Waals surface area (Å²) in [4.78, 5) is 11.3. The van der Waals surface area contributed by atoms with Gasteiger partial charge in [-0.15, -0.1) is 0 Å². The van der Waals surface area contributed by atoms with E-state index >= 15 is 0 Å². The van der Waals surface area contributed by atoms with Gasteiger partial charge in [-0.2, -0.15) is 0 Å². The first kappa shape index (κ1) is 13.5. The predicted molar refractivity (Wildman–Crippen MR) is 68.0 cm³/mol. The van der Waals surface area contributed by atoms with Crippen molar-refractivity contribution < 1.29 is 9.53 Å². The summed E-state index contributed by atoms with van der Waals surface area (Å²) < 4.78 is 5.30. The Bertz CT molecular complexity index is 403. The van der Waals surface area contributed by atoms with Crippen LogP contribution in [0.15, 0.2) is 12.1 Å². The number of hydrogen-bond donors (Lipinski definition) is 2. The van der Waals surface area contributed by atoms with Gasteiger partial charge in [-0.05, 0) is 31.0 Å². The second-order valence-electron chi connectivity index (χ2n) is 4.06. The molecule has 0 bridgehead atoms. The van der Waals surface area contributed by atoms with Gasteiger partial charge in [0.25, 0.3) is 0 Å². The monoisotopic (exact) mass is 236 g/mol. The highest BCUT2D eigenvalue weighted by Crippen LogP contribution is 2.22. The maximum absolute atomic E-state index is 11.3. The molecule has 0 unspecified atom stereocenters. The third kappa shape index (κ3) is 3.75. The zero-order chi connectivity index (χ0) is 12.8. The van der Waals surface area contributed by atoms with Gasteiger partial charge >= 0.3 is 0 Å². The van der Waals surface area contributed by atoms with Gasteiger partial charge in [-0.1, -0.05) is 6.07 Å². The maximum atomic E-state index is 11.3. The number of benzene rings is 1. The summed E-state index contributed by atoms with van der Waals surface area (Å²) in [7, 11) is 1.63. The van der Waals surface area contributed by atoms with Gasteiger partial charge in [0, 0.05) is 25.1 Å². The average molecular weight is 236 g/mol. The highest BCUT2D eigenvalue weighted by Gasteiger charge is 2.07. The van der Waals surface area contributed by atoms with Gasteiger partial charge in [-0.3, -0.25) is 4.79 Å². The summed E-state index contributed by atoms with van der Waals surface area (Å²) in [5.41, 5.74) is 8.67. The number of nitrogens with one attached hydrogen (secondary N) is 1. The minimum Gasteiger partial charge on any atom is -0.496 e. The van der Waals surface area contributed by atoms with E-state index in [1.807, 2.05) is 26.0 Å². The third-order valence-electron chi connectivity index (χ3n) is 2.74. The molecule has 0 aromatic heterocycles. The van der Waals surface area contributed by atoms with Crippen molar-refractivity contribution in [2.45, 2.75) is 26.8 Å². The minimum atomic E-state index is -0.0345. The molecule has 1 aromatic rings. The fraction of sp³-hybridized carbons (Fsp3) is 0.462. The molecule has 0 heterocycles. The van der Waals surface area contributed by atoms with Crippen LogP contribution in [0.25, 0.3) is 0 Å². The van der Waals surface area contributed by atoms with E-state index in [1.165, 1.54) is 11.1 Å². The van der Waals surface area contributed by atoms with Crippen molar-refractivity contribution in [3.63, 3.8) is 0 Å². The molecule has 4 heteroatoms. The smallest absolute Gasteiger partial charge is 0.221 e. The first-order valence-electron chi connectivity index (χ1n) is 5.69. The van der Waals surface area contributed by atoms with Gasteiger partial charge in [0.2, 0.25) is 5.91 Å². The highest BCUT2D eigenvalue weighted by molar-refractivity contribution is 5.76. The van der Waals surface area contributed by atoms with E-state index in [2.05, 4.69) is 5.32 Å². The number of amides is 1. The number of ether oxygens (including phenoxy) is 1. The van der Waals surface area contributed by atoms with Gasteiger partial charge in [0.05, 0.1) is 7.11 Å². The molecule has 0 saturated heterocycles. The third-order valence-corrected chi connectivity index (χ3v) is 2.74. The lowest BCUT2D eigenvalue weighted by Crippen LogP contribution is -2.25. The molecule has 0 aliphatic carbocycles. The Labute approximate surface area is 102 Å². The Balaban J connectivity index is 2.76. The molecule has 1 aromatic carbocycles. The lowest BCUT2D eigenvalue weighted by atomic mass is 10.0. The van der Waals surface area contributed by atoms with E-state index in [4.69, 9.17) is 10.5 Å². The van der Waals surface area contributed by atoms with Crippen molar-refractivity contribution in [2.24, 2.45) is 5.73 Å². The average Bonchev–Trinajstić information content (AvgIpc) is 2.30. The molecule has 94 valence electrons. The summed E-state index contributed by atoms with van der Waals surface area (Å²) in [5.74, 6) is 0.772. The number of methoxy groups -OCH3 is 1. The molecule has 0 aliphatic heterocycles. The minimum absolute atomic E-state index is 0.0345. The molecule has 3 N–H and O–H groups in total. The summed E-state index contributed by atoms with van der Waals surface area (Å²) in [6, 6.07) is 4.02. The Morgan fingerprint density at radius 2 is 2.00 bits per heavy atom. The van der Waals surface area contributed by atoms with Crippen LogP contribution in [0, 0.1) is 13.8 Å². The summed E-state index contributed by atoms with van der Waals surface area (Å²) in [5, 5.41) is 2.82. The summed E-state index contributed by atoms with van der Waals surface area (Å²) >= 11 is 0. The van der Waals surface area contributed by atoms with E-state index < -0.39 is 0 Å². The summed E-state index contributed by atoms with van der Waals surface area (Å²) in [6.45, 7) is 4.92. The second-order valence-corrected chi connectivity index (χ2v) is 4.06. The highest BCUT2D eigenvalue weighted by atomic mass is 16.5. The second kappa shape index (κ2) is 6.25. The normalized spacial score (nSPS) is 10.1. The van der Waals surface area contributed by atoms with E-state index in [0.29, 0.717) is 19.5 Å². The first-order chi connectivity index (χ1) is 8.08. The predicted octanol–water partition coefficient (Wildman–Crippen LogP) is 1.28. The van der Waals surface area contributed by atoms with Crippen molar-refractivity contribution >= 4 is 5.91 Å². The van der Waals surface area contributed by atoms with Crippen molar-refractivity contribution in [1.29, 1.82) is 0 Å². The zero-order valence-corrected chi connectivity index (χ0v) is 10.7. The Kier molecular flexibility index (Phi) is 4.97. The number of hydrogen-bond acceptors (Lipinski definition) is 3. The van der Waals surface area contributed by atoms with Crippen LogP contribution in [0.4, 0.5) is 0 Å². The Morgan fingerprint density at radius 3 is 2.59 bits per heavy atom. The van der Waals surface area contributed by atoms with Gasteiger partial charge in [-0.25, -0.2) is 0 Å². The molecular weight excluding hydrogens is 216 g/mol. The van der Waals surface area contributed by atoms with Crippen molar-refractivity contribution in [1.82, 2.24) is 5.32 Å². The molecule has 0 fully saturated rings. The Hall–Kier alpha value is -1.55. The Morgan fingerprint density at radius 1 is 1.35 bits per heavy atom. The molecule has 0 saturated carbocycles. The van der Waals surface area contributed by atoms with Gasteiger partial charge < -0.3 is 15.8 Å². The van der Waals surface area contributed by atoms with Crippen LogP contribution in [-0.2, 0) is 11.3 Å². The van der Waals surface area contributed by atoms with E-state index in [1.54, 1.807) is 7.11 Å². The fourth-order valence-corrected chi connectivity index (χ4v) is 1.59. The van der Waals surface area contributed by atoms with E-state index in [0.717, 1.165) is 11.3 Å². The zero-order valence-electron chi connectivity index (χ0n) is 10.7. The molecule has 17 heavy (non-hydrogen) atoms. The van der Waals surface area contributed by atoms with Crippen LogP contribution >= 0.6 is 0 Å². The molecule has 0 spiro atoms. The standard InChI is InChI=1S/C13H20N2O2/c1-9-6-11(8-15-13(16)4-5-14)12(17-3)7-10(9)2/h6-7H,4-5,8,14H2,1-3H3,(H,15,16). The number of rotatable bonds is 5. The lowest BCUT2D eigenvalue weighted by molar-refractivity contribution is -0.121. The van der Waals surface area contributed by atoms with Crippen LogP contribution in [0.3, 0.4) is 0 Å². The topological polar surface area (TPSA) is 64.3 Å². The molecule has 1 rings (SSSR count). The molecule has 4 nitrogen and oxygen atoms in total. The molecule has 0 atom stereocenters. The van der Waals surface area contributed by atoms with Crippen LogP contribution in [0.5, 0.6) is 5.75 Å². The SMILES string of the molecule is COc1cc(C)c(C)cc1CNC(=O)CCN. The quantitative estimate of drug-likeness (QED) is 0.809. The lowest BCUT2D eigenvalue weighted by Gasteiger charge is -2.12. The number of aryl methyl sites for hydroxylation is 2. The molecule has 0 aliphatic rings. The molecular formula is C13H20N2O2. The van der Waals surface area contributed by atoms with Crippen LogP contribution in [0.1, 0.15) is 23.1 Å². The van der Waals surface area contributed by atoms with Gasteiger partial charge in [0.15, 0.2) is 0 Å². The van der Waals surface area contributed by atoms with Crippen molar-refractivity contribution in [2.75, 3.05) is 13.7 Å². The van der Waals surface area contributed by atoms with Crippen molar-refractivity contribution in [3.8, 4) is 5.75 Å². The van der Waals surface area contributed by atoms with Crippen LogP contribution < -0.4 is 15.8 Å². The first-order valence-corrected chi connectivity index (χ1v) is 5.69.